The summed E-state index contributed by atoms with van der Waals surface area (Å²) in [5.41, 5.74) is 4.84. The molecule has 3 N–H and O–H groups in total. The highest BCUT2D eigenvalue weighted by molar-refractivity contribution is 6.65. The lowest BCUT2D eigenvalue weighted by atomic mass is 10.0. The lowest BCUT2D eigenvalue weighted by molar-refractivity contribution is -0.117. The summed E-state index contributed by atoms with van der Waals surface area (Å²) in [6, 6.07) is 0. The van der Waals surface area contributed by atoms with Crippen LogP contribution in [-0.4, -0.2) is 23.8 Å². The van der Waals surface area contributed by atoms with Gasteiger partial charge in [0.2, 0.25) is 0 Å². The third-order valence-electron chi connectivity index (χ3n) is 1.64. The minimum Gasteiger partial charge on any atom is -0.330 e. The topological polar surface area (TPSA) is 84.0 Å². The van der Waals surface area contributed by atoms with Crippen molar-refractivity contribution in [3.63, 3.8) is 0 Å². The Hall–Kier alpha value is -1.03. The van der Waals surface area contributed by atoms with E-state index in [-0.39, 0.29) is 30.1 Å². The predicted octanol–water partition coefficient (Wildman–Crippen LogP) is 0.683. The molecule has 0 aliphatic heterocycles. The number of rotatable bonds is 7. The molecule has 4 heteroatoms. The molecule has 0 bridgehead atoms. The van der Waals surface area contributed by atoms with Crippen molar-refractivity contribution < 1.29 is 9.59 Å². The predicted molar refractivity (Wildman–Crippen MR) is 50.9 cm³/mol. The van der Waals surface area contributed by atoms with Crippen molar-refractivity contribution in [1.82, 2.24) is 0 Å². The van der Waals surface area contributed by atoms with E-state index in [9.17, 15) is 9.59 Å². The van der Waals surface area contributed by atoms with Gasteiger partial charge in [-0.3, -0.25) is 15.0 Å². The normalized spacial score (nSPS) is 9.69. The van der Waals surface area contributed by atoms with Crippen LogP contribution in [0, 0.1) is 5.41 Å². The Kier molecular flexibility index (Phi) is 5.97. The molecule has 0 atom stereocenters. The minimum atomic E-state index is -0.385. The molecule has 0 heterocycles. The fraction of sp³-hybridized carbons (Fsp3) is 0.667. The Labute approximate surface area is 78.0 Å². The van der Waals surface area contributed by atoms with Gasteiger partial charge in [-0.1, -0.05) is 6.92 Å². The molecule has 0 aliphatic carbocycles. The van der Waals surface area contributed by atoms with Gasteiger partial charge in [-0.2, -0.15) is 0 Å². The first kappa shape index (κ1) is 12.0. The average Bonchev–Trinajstić information content (AvgIpc) is 2.13. The van der Waals surface area contributed by atoms with Crippen molar-refractivity contribution in [3.05, 3.63) is 0 Å². The average molecular weight is 184 g/mol. The van der Waals surface area contributed by atoms with Gasteiger partial charge in [0.1, 0.15) is 5.71 Å². The van der Waals surface area contributed by atoms with Gasteiger partial charge in [-0.05, 0) is 19.4 Å². The van der Waals surface area contributed by atoms with Crippen LogP contribution in [0.5, 0.6) is 0 Å². The van der Waals surface area contributed by atoms with Gasteiger partial charge in [0.15, 0.2) is 11.6 Å². The van der Waals surface area contributed by atoms with E-state index < -0.39 is 0 Å². The van der Waals surface area contributed by atoms with E-state index >= 15 is 0 Å². The Bertz CT molecular complexity index is 212. The van der Waals surface area contributed by atoms with Crippen molar-refractivity contribution in [1.29, 1.82) is 5.41 Å². The number of nitrogens with one attached hydrogen (secondary N) is 1. The zero-order valence-electron chi connectivity index (χ0n) is 7.93. The molecule has 0 saturated carbocycles. The second-order valence-electron chi connectivity index (χ2n) is 2.86. The molecular weight excluding hydrogens is 168 g/mol. The summed E-state index contributed by atoms with van der Waals surface area (Å²) in [5.74, 6) is -0.742. The van der Waals surface area contributed by atoms with Crippen LogP contribution in [-0.2, 0) is 9.59 Å². The maximum absolute atomic E-state index is 11.1. The zero-order chi connectivity index (χ0) is 10.3. The van der Waals surface area contributed by atoms with E-state index in [1.54, 1.807) is 0 Å². The number of nitrogens with two attached hydrogens (primary N) is 1. The molecule has 4 nitrogen and oxygen atoms in total. The Morgan fingerprint density at radius 1 is 1.23 bits per heavy atom. The number of hydrogen-bond acceptors (Lipinski definition) is 4. The number of Topliss-reactive ketones (excluding diaryl/α,β-unsaturated/α-hetero) is 2. The third-order valence-corrected chi connectivity index (χ3v) is 1.64. The molecule has 0 aliphatic rings. The van der Waals surface area contributed by atoms with E-state index in [4.69, 9.17) is 11.1 Å². The summed E-state index contributed by atoms with van der Waals surface area (Å²) < 4.78 is 0. The fourth-order valence-electron chi connectivity index (χ4n) is 0.895. The van der Waals surface area contributed by atoms with Gasteiger partial charge in [-0.15, -0.1) is 0 Å². The first-order valence-corrected chi connectivity index (χ1v) is 4.48. The first-order valence-electron chi connectivity index (χ1n) is 4.48. The van der Waals surface area contributed by atoms with Crippen LogP contribution in [0.3, 0.4) is 0 Å². The molecule has 0 aromatic carbocycles. The van der Waals surface area contributed by atoms with Gasteiger partial charge >= 0.3 is 0 Å². The summed E-state index contributed by atoms with van der Waals surface area (Å²) in [7, 11) is 0. The smallest absolute Gasteiger partial charge is 0.184 e. The lowest BCUT2D eigenvalue weighted by Gasteiger charge is -1.99. The van der Waals surface area contributed by atoms with Crippen molar-refractivity contribution in [2.24, 2.45) is 5.73 Å². The van der Waals surface area contributed by atoms with Gasteiger partial charge < -0.3 is 5.73 Å². The number of hydrogen-bond donors (Lipinski definition) is 2. The minimum absolute atomic E-state index is 0.213. The maximum Gasteiger partial charge on any atom is 0.184 e. The molecule has 0 unspecified atom stereocenters. The highest BCUT2D eigenvalue weighted by atomic mass is 16.1. The monoisotopic (exact) mass is 184 g/mol. The molecule has 0 saturated heterocycles. The van der Waals surface area contributed by atoms with Crippen LogP contribution in [0.1, 0.15) is 32.6 Å². The Morgan fingerprint density at radius 2 is 1.77 bits per heavy atom. The zero-order valence-corrected chi connectivity index (χ0v) is 7.93. The Balaban J connectivity index is 3.95. The van der Waals surface area contributed by atoms with Gasteiger partial charge in [-0.25, -0.2) is 0 Å². The molecule has 0 fully saturated rings. The van der Waals surface area contributed by atoms with Crippen LogP contribution in [0.2, 0.25) is 0 Å². The molecule has 13 heavy (non-hydrogen) atoms. The van der Waals surface area contributed by atoms with E-state index in [0.29, 0.717) is 19.4 Å². The van der Waals surface area contributed by atoms with E-state index in [0.717, 1.165) is 0 Å². The first-order chi connectivity index (χ1) is 6.13. The number of carbonyl (C=O) groups excluding carboxylic acids is 2. The largest absolute Gasteiger partial charge is 0.330 e. The van der Waals surface area contributed by atoms with Crippen LogP contribution in [0.15, 0.2) is 0 Å². The highest BCUT2D eigenvalue weighted by Gasteiger charge is 2.15. The number of carbonyl (C=O) groups is 2. The van der Waals surface area contributed by atoms with E-state index in [1.807, 2.05) is 6.92 Å². The second kappa shape index (κ2) is 6.48. The van der Waals surface area contributed by atoms with Crippen molar-refractivity contribution in [3.8, 4) is 0 Å². The quantitative estimate of drug-likeness (QED) is 0.451. The summed E-state index contributed by atoms with van der Waals surface area (Å²) in [6.07, 6.45) is 1.71. The van der Waals surface area contributed by atoms with Gasteiger partial charge in [0.25, 0.3) is 0 Å². The van der Waals surface area contributed by atoms with E-state index in [1.165, 1.54) is 0 Å². The van der Waals surface area contributed by atoms with Gasteiger partial charge in [0, 0.05) is 12.8 Å². The van der Waals surface area contributed by atoms with E-state index in [2.05, 4.69) is 0 Å². The molecule has 74 valence electrons. The Morgan fingerprint density at radius 3 is 2.23 bits per heavy atom. The molecular formula is C9H16N2O2. The summed E-state index contributed by atoms with van der Waals surface area (Å²) >= 11 is 0. The molecule has 0 aromatic rings. The molecule has 0 aromatic heterocycles. The molecule has 0 radical (unpaired) electrons. The number of ketones is 2. The molecule has 0 amide bonds. The van der Waals surface area contributed by atoms with Gasteiger partial charge in [0.05, 0.1) is 0 Å². The maximum atomic E-state index is 11.1. The van der Waals surface area contributed by atoms with Crippen LogP contribution in [0.4, 0.5) is 0 Å². The van der Waals surface area contributed by atoms with Crippen molar-refractivity contribution in [2.75, 3.05) is 6.54 Å². The van der Waals surface area contributed by atoms with Crippen LogP contribution < -0.4 is 5.73 Å². The fourth-order valence-corrected chi connectivity index (χ4v) is 0.895. The molecule has 0 spiro atoms. The van der Waals surface area contributed by atoms with Crippen molar-refractivity contribution >= 4 is 17.3 Å². The molecule has 0 rings (SSSR count). The van der Waals surface area contributed by atoms with Crippen molar-refractivity contribution in [2.45, 2.75) is 32.6 Å². The SMILES string of the molecule is CCCC(=O)C(=N)C(=O)CCCN. The summed E-state index contributed by atoms with van der Waals surface area (Å²) in [5, 5.41) is 7.24. The summed E-state index contributed by atoms with van der Waals surface area (Å²) in [6.45, 7) is 2.26. The third kappa shape index (κ3) is 4.52. The second-order valence-corrected chi connectivity index (χ2v) is 2.86. The standard InChI is InChI=1S/C9H16N2O2/c1-2-4-7(12)9(11)8(13)5-3-6-10/h11H,2-6,10H2,1H3. The van der Waals surface area contributed by atoms with Crippen LogP contribution >= 0.6 is 0 Å². The van der Waals surface area contributed by atoms with Crippen LogP contribution in [0.25, 0.3) is 0 Å². The lowest BCUT2D eigenvalue weighted by Crippen LogP contribution is -2.23. The summed E-state index contributed by atoms with van der Waals surface area (Å²) in [4.78, 5) is 22.2. The highest BCUT2D eigenvalue weighted by Crippen LogP contribution is 1.96.